The molecule has 1 aromatic carbocycles. The second-order valence-electron chi connectivity index (χ2n) is 4.59. The van der Waals surface area contributed by atoms with Gasteiger partial charge in [0, 0.05) is 25.2 Å². The number of benzene rings is 1. The highest BCUT2D eigenvalue weighted by Gasteiger charge is 2.23. The van der Waals surface area contributed by atoms with Gasteiger partial charge in [0.25, 0.3) is 11.6 Å². The second-order valence-corrected chi connectivity index (χ2v) is 4.59. The Labute approximate surface area is 110 Å². The summed E-state index contributed by atoms with van der Waals surface area (Å²) >= 11 is 0. The number of carbonyl (C=O) groups excluding carboxylic acids is 1. The summed E-state index contributed by atoms with van der Waals surface area (Å²) in [6.45, 7) is 1.68. The molecule has 7 nitrogen and oxygen atoms in total. The highest BCUT2D eigenvalue weighted by atomic mass is 16.6. The van der Waals surface area contributed by atoms with E-state index in [1.165, 1.54) is 12.1 Å². The summed E-state index contributed by atoms with van der Waals surface area (Å²) in [6.07, 6.45) is 0.829. The molecule has 19 heavy (non-hydrogen) atoms. The van der Waals surface area contributed by atoms with Gasteiger partial charge in [0.15, 0.2) is 0 Å². The van der Waals surface area contributed by atoms with Crippen LogP contribution in [0.5, 0.6) is 5.75 Å². The predicted molar refractivity (Wildman–Crippen MR) is 68.1 cm³/mol. The summed E-state index contributed by atoms with van der Waals surface area (Å²) < 4.78 is 5.71. The van der Waals surface area contributed by atoms with E-state index in [-0.39, 0.29) is 17.4 Å². The molecule has 7 heteroatoms. The molecule has 2 N–H and O–H groups in total. The minimum atomic E-state index is -0.731. The Morgan fingerprint density at radius 3 is 2.84 bits per heavy atom. The largest absolute Gasteiger partial charge is 0.488 e. The van der Waals surface area contributed by atoms with E-state index in [4.69, 9.17) is 10.5 Å². The molecule has 0 aliphatic carbocycles. The zero-order valence-electron chi connectivity index (χ0n) is 10.5. The molecule has 1 saturated heterocycles. The molecule has 1 aliphatic heterocycles. The van der Waals surface area contributed by atoms with Crippen LogP contribution in [0.1, 0.15) is 16.8 Å². The first-order valence-electron chi connectivity index (χ1n) is 5.91. The van der Waals surface area contributed by atoms with Crippen molar-refractivity contribution in [2.75, 3.05) is 20.1 Å². The molecule has 102 valence electrons. The molecule has 1 amide bonds. The molecule has 1 atom stereocenters. The van der Waals surface area contributed by atoms with Crippen LogP contribution in [-0.2, 0) is 0 Å². The fourth-order valence-corrected chi connectivity index (χ4v) is 2.10. The summed E-state index contributed by atoms with van der Waals surface area (Å²) in [5.74, 6) is -0.427. The van der Waals surface area contributed by atoms with Crippen molar-refractivity contribution < 1.29 is 14.5 Å². The number of nitro benzene ring substituents is 1. The molecule has 2 rings (SSSR count). The van der Waals surface area contributed by atoms with Gasteiger partial charge >= 0.3 is 0 Å². The van der Waals surface area contributed by atoms with E-state index in [1.54, 1.807) is 0 Å². The number of nitrogens with zero attached hydrogens (tertiary/aromatic N) is 2. The Kier molecular flexibility index (Phi) is 3.66. The lowest BCUT2D eigenvalue weighted by Gasteiger charge is -2.15. The number of carbonyl (C=O) groups is 1. The van der Waals surface area contributed by atoms with E-state index in [2.05, 4.69) is 4.90 Å². The predicted octanol–water partition coefficient (Wildman–Crippen LogP) is 0.777. The summed E-state index contributed by atoms with van der Waals surface area (Å²) in [5.41, 5.74) is 5.10. The number of ether oxygens (including phenoxy) is 1. The molecule has 0 saturated carbocycles. The van der Waals surface area contributed by atoms with Crippen LogP contribution >= 0.6 is 0 Å². The first-order valence-corrected chi connectivity index (χ1v) is 5.91. The fourth-order valence-electron chi connectivity index (χ4n) is 2.10. The number of nitrogens with two attached hydrogens (primary N) is 1. The molecule has 0 spiro atoms. The van der Waals surface area contributed by atoms with Crippen molar-refractivity contribution in [1.82, 2.24) is 4.90 Å². The van der Waals surface area contributed by atoms with Gasteiger partial charge in [-0.25, -0.2) is 0 Å². The van der Waals surface area contributed by atoms with Crippen LogP contribution in [0.3, 0.4) is 0 Å². The highest BCUT2D eigenvalue weighted by Crippen LogP contribution is 2.26. The van der Waals surface area contributed by atoms with Crippen molar-refractivity contribution in [1.29, 1.82) is 0 Å². The quantitative estimate of drug-likeness (QED) is 0.640. The van der Waals surface area contributed by atoms with Gasteiger partial charge in [-0.1, -0.05) is 0 Å². The minimum absolute atomic E-state index is 0.0236. The number of nitro groups is 1. The zero-order chi connectivity index (χ0) is 14.0. The number of hydrogen-bond donors (Lipinski definition) is 1. The minimum Gasteiger partial charge on any atom is -0.488 e. The van der Waals surface area contributed by atoms with Gasteiger partial charge in [0.2, 0.25) is 0 Å². The fraction of sp³-hybridized carbons (Fsp3) is 0.417. The van der Waals surface area contributed by atoms with E-state index in [1.807, 2.05) is 7.05 Å². The standard InChI is InChI=1S/C12H15N3O4/c1-14-5-4-9(7-14)19-11-3-2-8(15(17)18)6-10(11)12(13)16/h2-3,6,9H,4-5,7H2,1H3,(H2,13,16). The normalized spacial score (nSPS) is 19.3. The zero-order valence-corrected chi connectivity index (χ0v) is 10.5. The van der Waals surface area contributed by atoms with Gasteiger partial charge in [-0.15, -0.1) is 0 Å². The van der Waals surface area contributed by atoms with Crippen molar-refractivity contribution in [2.24, 2.45) is 5.73 Å². The summed E-state index contributed by atoms with van der Waals surface area (Å²) in [7, 11) is 1.98. The van der Waals surface area contributed by atoms with Crippen LogP contribution < -0.4 is 10.5 Å². The molecule has 0 radical (unpaired) electrons. The third kappa shape index (κ3) is 3.00. The van der Waals surface area contributed by atoms with Gasteiger partial charge in [0.1, 0.15) is 11.9 Å². The first-order chi connectivity index (χ1) is 8.97. The second kappa shape index (κ2) is 5.23. The Morgan fingerprint density at radius 1 is 1.58 bits per heavy atom. The van der Waals surface area contributed by atoms with Gasteiger partial charge < -0.3 is 15.4 Å². The van der Waals surface area contributed by atoms with Gasteiger partial charge in [-0.2, -0.15) is 0 Å². The lowest BCUT2D eigenvalue weighted by Crippen LogP contribution is -2.23. The molecule has 1 heterocycles. The van der Waals surface area contributed by atoms with Crippen LogP contribution in [0, 0.1) is 10.1 Å². The lowest BCUT2D eigenvalue weighted by atomic mass is 10.1. The number of rotatable bonds is 4. The van der Waals surface area contributed by atoms with Crippen molar-refractivity contribution in [3.05, 3.63) is 33.9 Å². The molecular weight excluding hydrogens is 250 g/mol. The van der Waals surface area contributed by atoms with E-state index in [9.17, 15) is 14.9 Å². The number of hydrogen-bond acceptors (Lipinski definition) is 5. The number of primary amides is 1. The average Bonchev–Trinajstić information content (AvgIpc) is 2.74. The van der Waals surface area contributed by atoms with Gasteiger partial charge in [-0.05, 0) is 19.5 Å². The maximum absolute atomic E-state index is 11.3. The molecule has 0 bridgehead atoms. The number of amides is 1. The van der Waals surface area contributed by atoms with Crippen molar-refractivity contribution >= 4 is 11.6 Å². The maximum atomic E-state index is 11.3. The van der Waals surface area contributed by atoms with Crippen molar-refractivity contribution in [3.63, 3.8) is 0 Å². The maximum Gasteiger partial charge on any atom is 0.270 e. The van der Waals surface area contributed by atoms with Crippen LogP contribution in [0.4, 0.5) is 5.69 Å². The van der Waals surface area contributed by atoms with Gasteiger partial charge in [-0.3, -0.25) is 14.9 Å². The Bertz CT molecular complexity index is 518. The lowest BCUT2D eigenvalue weighted by molar-refractivity contribution is -0.384. The SMILES string of the molecule is CN1CCC(Oc2ccc([N+](=O)[O-])cc2C(N)=O)C1. The highest BCUT2D eigenvalue weighted by molar-refractivity contribution is 5.96. The topological polar surface area (TPSA) is 98.7 Å². The van der Waals surface area contributed by atoms with E-state index >= 15 is 0 Å². The number of non-ortho nitro benzene ring substituents is 1. The van der Waals surface area contributed by atoms with E-state index in [0.29, 0.717) is 5.75 Å². The summed E-state index contributed by atoms with van der Waals surface area (Å²) in [4.78, 5) is 23.6. The van der Waals surface area contributed by atoms with Crippen LogP contribution in [0.25, 0.3) is 0 Å². The number of likely N-dealkylation sites (tertiary alicyclic amines) is 1. The van der Waals surface area contributed by atoms with Gasteiger partial charge in [0.05, 0.1) is 10.5 Å². The van der Waals surface area contributed by atoms with E-state index in [0.717, 1.165) is 25.6 Å². The monoisotopic (exact) mass is 265 g/mol. The Balaban J connectivity index is 2.24. The van der Waals surface area contributed by atoms with Crippen molar-refractivity contribution in [3.8, 4) is 5.75 Å². The van der Waals surface area contributed by atoms with Crippen LogP contribution in [0.15, 0.2) is 18.2 Å². The van der Waals surface area contributed by atoms with Crippen LogP contribution in [0.2, 0.25) is 0 Å². The smallest absolute Gasteiger partial charge is 0.270 e. The third-order valence-electron chi connectivity index (χ3n) is 3.08. The summed E-state index contributed by atoms with van der Waals surface area (Å²) in [5, 5.41) is 10.7. The molecule has 1 fully saturated rings. The third-order valence-corrected chi connectivity index (χ3v) is 3.08. The number of likely N-dealkylation sites (N-methyl/N-ethyl adjacent to an activating group) is 1. The molecule has 1 unspecified atom stereocenters. The molecule has 1 aromatic rings. The molecule has 0 aromatic heterocycles. The molecular formula is C12H15N3O4. The van der Waals surface area contributed by atoms with Crippen LogP contribution in [-0.4, -0.2) is 42.0 Å². The molecule has 1 aliphatic rings. The first kappa shape index (κ1) is 13.3. The Morgan fingerprint density at radius 2 is 2.32 bits per heavy atom. The van der Waals surface area contributed by atoms with Crippen molar-refractivity contribution in [2.45, 2.75) is 12.5 Å². The van der Waals surface area contributed by atoms with E-state index < -0.39 is 10.8 Å². The average molecular weight is 265 g/mol. The summed E-state index contributed by atoms with van der Waals surface area (Å²) in [6, 6.07) is 3.88. The Hall–Kier alpha value is -2.15.